The zero-order valence-corrected chi connectivity index (χ0v) is 19.3. The number of piperazine rings is 1. The van der Waals surface area contributed by atoms with Gasteiger partial charge in [-0.25, -0.2) is 15.0 Å². The number of fused-ring (bicyclic) bond motifs is 1. The summed E-state index contributed by atoms with van der Waals surface area (Å²) in [4.78, 5) is 39.2. The van der Waals surface area contributed by atoms with Crippen LogP contribution in [0.2, 0.25) is 0 Å². The van der Waals surface area contributed by atoms with Gasteiger partial charge in [0.05, 0.1) is 17.0 Å². The Kier molecular flexibility index (Phi) is 6.10. The monoisotopic (exact) mass is 438 g/mol. The highest BCUT2D eigenvalue weighted by Crippen LogP contribution is 2.22. The largest absolute Gasteiger partial charge is 0.342 e. The summed E-state index contributed by atoms with van der Waals surface area (Å²) in [5.74, 6) is 2.32. The predicted octanol–water partition coefficient (Wildman–Crippen LogP) is 1.11. The Bertz CT molecular complexity index is 992. The van der Waals surface area contributed by atoms with Crippen molar-refractivity contribution in [3.05, 3.63) is 39.6 Å². The minimum absolute atomic E-state index is 0.00846. The van der Waals surface area contributed by atoms with Gasteiger partial charge in [0, 0.05) is 71.5 Å². The van der Waals surface area contributed by atoms with Crippen molar-refractivity contribution in [2.75, 3.05) is 62.7 Å². The molecule has 2 aromatic rings. The maximum atomic E-state index is 12.9. The number of nitrogens with zero attached hydrogens (tertiary/aromatic N) is 7. The van der Waals surface area contributed by atoms with E-state index in [0.29, 0.717) is 13.1 Å². The van der Waals surface area contributed by atoms with Crippen LogP contribution in [0.3, 0.4) is 0 Å². The molecule has 0 unspecified atom stereocenters. The fourth-order valence-electron chi connectivity index (χ4n) is 4.83. The Morgan fingerprint density at radius 3 is 2.59 bits per heavy atom. The fraction of sp³-hybridized carbons (Fsp3) is 0.652. The SMILES string of the molecule is CC1CCN(c2nc3c(c(=O)[nH]2)CN(Cc2ccnc(N4CCN(C)CC4)n2)CC3)CC1. The molecule has 2 fully saturated rings. The molecule has 0 amide bonds. The molecular formula is C23H34N8O. The molecule has 0 spiro atoms. The molecule has 9 nitrogen and oxygen atoms in total. The summed E-state index contributed by atoms with van der Waals surface area (Å²) in [5, 5.41) is 0. The van der Waals surface area contributed by atoms with Gasteiger partial charge in [-0.2, -0.15) is 0 Å². The number of aromatic amines is 1. The van der Waals surface area contributed by atoms with E-state index in [9.17, 15) is 4.79 Å². The lowest BCUT2D eigenvalue weighted by molar-refractivity contribution is 0.238. The number of hydrogen-bond acceptors (Lipinski definition) is 8. The first-order chi connectivity index (χ1) is 15.5. The Morgan fingerprint density at radius 1 is 1.03 bits per heavy atom. The first kappa shape index (κ1) is 21.3. The molecule has 172 valence electrons. The van der Waals surface area contributed by atoms with Crippen molar-refractivity contribution >= 4 is 11.9 Å². The van der Waals surface area contributed by atoms with E-state index in [0.717, 1.165) is 99.8 Å². The molecule has 2 saturated heterocycles. The molecular weight excluding hydrogens is 404 g/mol. The van der Waals surface area contributed by atoms with Crippen LogP contribution < -0.4 is 15.4 Å². The number of likely N-dealkylation sites (N-methyl/N-ethyl adjacent to an activating group) is 1. The molecule has 0 bridgehead atoms. The molecule has 3 aliphatic heterocycles. The molecule has 0 atom stereocenters. The third kappa shape index (κ3) is 4.63. The van der Waals surface area contributed by atoms with Crippen LogP contribution in [-0.2, 0) is 19.5 Å². The highest BCUT2D eigenvalue weighted by Gasteiger charge is 2.25. The van der Waals surface area contributed by atoms with Crippen molar-refractivity contribution in [3.8, 4) is 0 Å². The number of hydrogen-bond donors (Lipinski definition) is 1. The van der Waals surface area contributed by atoms with Gasteiger partial charge in [0.1, 0.15) is 0 Å². The molecule has 0 saturated carbocycles. The van der Waals surface area contributed by atoms with Gasteiger partial charge in [0.2, 0.25) is 11.9 Å². The van der Waals surface area contributed by atoms with Crippen molar-refractivity contribution in [2.45, 2.75) is 39.3 Å². The summed E-state index contributed by atoms with van der Waals surface area (Å²) in [7, 11) is 2.15. The molecule has 3 aliphatic rings. The van der Waals surface area contributed by atoms with E-state index in [2.05, 4.69) is 43.5 Å². The van der Waals surface area contributed by atoms with Gasteiger partial charge in [0.15, 0.2) is 0 Å². The number of anilines is 2. The van der Waals surface area contributed by atoms with E-state index in [1.54, 1.807) is 0 Å². The van der Waals surface area contributed by atoms with E-state index >= 15 is 0 Å². The topological polar surface area (TPSA) is 84.5 Å². The minimum Gasteiger partial charge on any atom is -0.342 e. The van der Waals surface area contributed by atoms with Gasteiger partial charge in [-0.3, -0.25) is 14.7 Å². The highest BCUT2D eigenvalue weighted by molar-refractivity contribution is 5.35. The minimum atomic E-state index is 0.00846. The normalized spacial score (nSPS) is 21.1. The molecule has 32 heavy (non-hydrogen) atoms. The lowest BCUT2D eigenvalue weighted by Gasteiger charge is -2.33. The molecule has 0 aliphatic carbocycles. The van der Waals surface area contributed by atoms with Crippen LogP contribution >= 0.6 is 0 Å². The summed E-state index contributed by atoms with van der Waals surface area (Å²) in [6.45, 7) is 10.4. The van der Waals surface area contributed by atoms with E-state index in [4.69, 9.17) is 9.97 Å². The standard InChI is InChI=1S/C23H34N8O/c1-17-4-9-30(10-5-17)23-26-20-6-8-29(16-19(20)21(32)27-23)15-18-3-7-24-22(25-18)31-13-11-28(2)12-14-31/h3,7,17H,4-6,8-16H2,1-2H3,(H,26,27,32). The Morgan fingerprint density at radius 2 is 1.81 bits per heavy atom. The quantitative estimate of drug-likeness (QED) is 0.760. The summed E-state index contributed by atoms with van der Waals surface area (Å²) >= 11 is 0. The first-order valence-electron chi connectivity index (χ1n) is 11.9. The van der Waals surface area contributed by atoms with Gasteiger partial charge in [-0.05, 0) is 31.9 Å². The second-order valence-corrected chi connectivity index (χ2v) is 9.58. The lowest BCUT2D eigenvalue weighted by atomic mass is 9.99. The molecule has 0 aromatic carbocycles. The number of piperidine rings is 1. The Balaban J connectivity index is 1.26. The molecule has 5 rings (SSSR count). The van der Waals surface area contributed by atoms with Gasteiger partial charge in [-0.1, -0.05) is 6.92 Å². The summed E-state index contributed by atoms with van der Waals surface area (Å²) in [6, 6.07) is 1.98. The van der Waals surface area contributed by atoms with Crippen LogP contribution in [0.25, 0.3) is 0 Å². The maximum absolute atomic E-state index is 12.9. The third-order valence-electron chi connectivity index (χ3n) is 7.09. The molecule has 5 heterocycles. The highest BCUT2D eigenvalue weighted by atomic mass is 16.1. The van der Waals surface area contributed by atoms with E-state index < -0.39 is 0 Å². The first-order valence-corrected chi connectivity index (χ1v) is 11.9. The van der Waals surface area contributed by atoms with Crippen LogP contribution in [0.5, 0.6) is 0 Å². The van der Waals surface area contributed by atoms with Crippen LogP contribution in [0, 0.1) is 5.92 Å². The van der Waals surface area contributed by atoms with Crippen molar-refractivity contribution in [2.24, 2.45) is 5.92 Å². The maximum Gasteiger partial charge on any atom is 0.257 e. The molecule has 1 N–H and O–H groups in total. The number of aromatic nitrogens is 4. The summed E-state index contributed by atoms with van der Waals surface area (Å²) < 4.78 is 0. The van der Waals surface area contributed by atoms with Crippen LogP contribution in [0.1, 0.15) is 36.7 Å². The Labute approximate surface area is 189 Å². The van der Waals surface area contributed by atoms with Crippen molar-refractivity contribution in [1.29, 1.82) is 0 Å². The zero-order valence-electron chi connectivity index (χ0n) is 19.3. The lowest BCUT2D eigenvalue weighted by Crippen LogP contribution is -2.45. The second-order valence-electron chi connectivity index (χ2n) is 9.58. The van der Waals surface area contributed by atoms with Gasteiger partial charge in [0.25, 0.3) is 5.56 Å². The zero-order chi connectivity index (χ0) is 22.1. The van der Waals surface area contributed by atoms with E-state index in [1.807, 2.05) is 12.3 Å². The average molecular weight is 439 g/mol. The number of H-pyrrole nitrogens is 1. The second kappa shape index (κ2) is 9.15. The van der Waals surface area contributed by atoms with Gasteiger partial charge < -0.3 is 14.7 Å². The Hall–Kier alpha value is -2.52. The van der Waals surface area contributed by atoms with Crippen molar-refractivity contribution < 1.29 is 0 Å². The summed E-state index contributed by atoms with van der Waals surface area (Å²) in [5.41, 5.74) is 2.77. The van der Waals surface area contributed by atoms with E-state index in [-0.39, 0.29) is 5.56 Å². The fourth-order valence-corrected chi connectivity index (χ4v) is 4.83. The van der Waals surface area contributed by atoms with Crippen molar-refractivity contribution in [3.63, 3.8) is 0 Å². The van der Waals surface area contributed by atoms with Gasteiger partial charge in [-0.15, -0.1) is 0 Å². The molecule has 0 radical (unpaired) electrons. The van der Waals surface area contributed by atoms with E-state index in [1.165, 1.54) is 0 Å². The molecule has 9 heteroatoms. The summed E-state index contributed by atoms with van der Waals surface area (Å²) in [6.07, 6.45) is 4.97. The van der Waals surface area contributed by atoms with Crippen LogP contribution in [0.4, 0.5) is 11.9 Å². The number of rotatable bonds is 4. The third-order valence-corrected chi connectivity index (χ3v) is 7.09. The smallest absolute Gasteiger partial charge is 0.257 e. The van der Waals surface area contributed by atoms with Crippen LogP contribution in [0.15, 0.2) is 17.1 Å². The number of nitrogens with one attached hydrogen (secondary N) is 1. The molecule has 2 aromatic heterocycles. The predicted molar refractivity (Wildman–Crippen MR) is 125 cm³/mol. The average Bonchev–Trinajstić information content (AvgIpc) is 2.80. The van der Waals surface area contributed by atoms with Gasteiger partial charge >= 0.3 is 0 Å². The van der Waals surface area contributed by atoms with Crippen molar-refractivity contribution in [1.82, 2.24) is 29.7 Å². The van der Waals surface area contributed by atoms with Crippen LogP contribution in [-0.4, -0.2) is 82.6 Å².